The van der Waals surface area contributed by atoms with Crippen LogP contribution in [-0.4, -0.2) is 15.9 Å². The Labute approximate surface area is 114 Å². The fourth-order valence-electron chi connectivity index (χ4n) is 3.15. The first kappa shape index (κ1) is 12.8. The molecule has 1 atom stereocenters. The van der Waals surface area contributed by atoms with Gasteiger partial charge in [-0.1, -0.05) is 19.0 Å². The number of ketones is 1. The number of carbonyl (C=O) groups is 1. The minimum atomic E-state index is -0.250. The van der Waals surface area contributed by atoms with Gasteiger partial charge in [-0.3, -0.25) is 4.79 Å². The van der Waals surface area contributed by atoms with Crippen LogP contribution in [0.3, 0.4) is 0 Å². The average Bonchev–Trinajstić information content (AvgIpc) is 3.21. The lowest BCUT2D eigenvalue weighted by Crippen LogP contribution is -2.16. The van der Waals surface area contributed by atoms with E-state index >= 15 is 0 Å². The number of hydrogen-bond acceptors (Lipinski definition) is 4. The van der Waals surface area contributed by atoms with Gasteiger partial charge in [0.2, 0.25) is 5.89 Å². The summed E-state index contributed by atoms with van der Waals surface area (Å²) in [5, 5.41) is 4.19. The highest BCUT2D eigenvalue weighted by Crippen LogP contribution is 2.53. The van der Waals surface area contributed by atoms with Crippen molar-refractivity contribution >= 4 is 5.78 Å². The van der Waals surface area contributed by atoms with Crippen LogP contribution in [-0.2, 0) is 4.79 Å². The number of nitrogens with zero attached hydrogens (tertiary/aromatic N) is 2. The van der Waals surface area contributed by atoms with Gasteiger partial charge in [0.25, 0.3) is 0 Å². The van der Waals surface area contributed by atoms with Crippen LogP contribution in [0.25, 0.3) is 0 Å². The smallest absolute Gasteiger partial charge is 0.237 e. The van der Waals surface area contributed by atoms with Crippen molar-refractivity contribution in [2.45, 2.75) is 58.3 Å². The maximum absolute atomic E-state index is 11.7. The summed E-state index contributed by atoms with van der Waals surface area (Å²) in [6, 6.07) is 0. The Balaban J connectivity index is 1.83. The second-order valence-corrected chi connectivity index (χ2v) is 6.52. The lowest BCUT2D eigenvalue weighted by Gasteiger charge is -2.13. The van der Waals surface area contributed by atoms with E-state index in [4.69, 9.17) is 4.52 Å². The van der Waals surface area contributed by atoms with Gasteiger partial charge in [-0.2, -0.15) is 4.98 Å². The maximum atomic E-state index is 11.7. The van der Waals surface area contributed by atoms with Crippen LogP contribution in [0.5, 0.6) is 0 Å². The van der Waals surface area contributed by atoms with Crippen molar-refractivity contribution in [3.05, 3.63) is 11.7 Å². The molecule has 0 spiro atoms. The van der Waals surface area contributed by atoms with E-state index in [1.807, 2.05) is 13.8 Å². The fourth-order valence-corrected chi connectivity index (χ4v) is 3.15. The van der Waals surface area contributed by atoms with Gasteiger partial charge in [-0.15, -0.1) is 0 Å². The summed E-state index contributed by atoms with van der Waals surface area (Å²) < 4.78 is 5.40. The monoisotopic (exact) mass is 262 g/mol. The third-order valence-electron chi connectivity index (χ3n) is 4.39. The lowest BCUT2D eigenvalue weighted by molar-refractivity contribution is -0.119. The van der Waals surface area contributed by atoms with E-state index in [0.717, 1.165) is 17.7 Å². The van der Waals surface area contributed by atoms with Crippen LogP contribution in [0.4, 0.5) is 0 Å². The van der Waals surface area contributed by atoms with Crippen LogP contribution in [0.1, 0.15) is 70.0 Å². The second-order valence-electron chi connectivity index (χ2n) is 6.52. The highest BCUT2D eigenvalue weighted by Gasteiger charge is 2.45. The molecule has 2 aliphatic carbocycles. The molecule has 2 fully saturated rings. The van der Waals surface area contributed by atoms with E-state index in [2.05, 4.69) is 10.1 Å². The predicted octanol–water partition coefficient (Wildman–Crippen LogP) is 3.30. The summed E-state index contributed by atoms with van der Waals surface area (Å²) in [7, 11) is 0. The zero-order chi connectivity index (χ0) is 13.6. The topological polar surface area (TPSA) is 56.0 Å². The van der Waals surface area contributed by atoms with E-state index in [-0.39, 0.29) is 17.6 Å². The number of carbonyl (C=O) groups excluding carboxylic acids is 1. The summed E-state index contributed by atoms with van der Waals surface area (Å²) in [4.78, 5) is 16.3. The molecule has 0 amide bonds. The Kier molecular flexibility index (Phi) is 3.19. The van der Waals surface area contributed by atoms with Crippen molar-refractivity contribution in [1.29, 1.82) is 0 Å². The van der Waals surface area contributed by atoms with E-state index in [0.29, 0.717) is 11.8 Å². The molecule has 3 rings (SSSR count). The third-order valence-corrected chi connectivity index (χ3v) is 4.39. The normalized spacial score (nSPS) is 21.1. The molecular weight excluding hydrogens is 240 g/mol. The zero-order valence-corrected chi connectivity index (χ0v) is 11.9. The van der Waals surface area contributed by atoms with Crippen LogP contribution in [0.15, 0.2) is 4.52 Å². The first-order valence-corrected chi connectivity index (χ1v) is 7.42. The molecule has 1 aromatic rings. The molecule has 0 aromatic carbocycles. The van der Waals surface area contributed by atoms with Crippen molar-refractivity contribution in [2.75, 3.05) is 0 Å². The summed E-state index contributed by atoms with van der Waals surface area (Å²) in [5.74, 6) is 3.43. The second kappa shape index (κ2) is 4.73. The lowest BCUT2D eigenvalue weighted by atomic mass is 9.92. The van der Waals surface area contributed by atoms with Crippen molar-refractivity contribution in [2.24, 2.45) is 17.8 Å². The summed E-state index contributed by atoms with van der Waals surface area (Å²) in [6.07, 6.45) is 5.19. The van der Waals surface area contributed by atoms with Gasteiger partial charge in [-0.25, -0.2) is 0 Å². The molecule has 4 heteroatoms. The van der Waals surface area contributed by atoms with Gasteiger partial charge in [0, 0.05) is 5.92 Å². The van der Waals surface area contributed by atoms with E-state index in [9.17, 15) is 4.79 Å². The molecule has 1 aromatic heterocycles. The minimum absolute atomic E-state index is 0.111. The van der Waals surface area contributed by atoms with E-state index < -0.39 is 0 Å². The quantitative estimate of drug-likeness (QED) is 0.789. The fraction of sp³-hybridized carbons (Fsp3) is 0.800. The van der Waals surface area contributed by atoms with E-state index in [1.165, 1.54) is 25.7 Å². The molecule has 0 aliphatic heterocycles. The largest absolute Gasteiger partial charge is 0.339 e. The van der Waals surface area contributed by atoms with Crippen LogP contribution in [0.2, 0.25) is 0 Å². The summed E-state index contributed by atoms with van der Waals surface area (Å²) >= 11 is 0. The molecular formula is C15H22N2O2. The molecule has 2 aliphatic rings. The Hall–Kier alpha value is -1.19. The van der Waals surface area contributed by atoms with Crippen molar-refractivity contribution in [1.82, 2.24) is 10.1 Å². The number of rotatable bonds is 6. The van der Waals surface area contributed by atoms with E-state index in [1.54, 1.807) is 6.92 Å². The molecule has 4 nitrogen and oxygen atoms in total. The molecule has 0 N–H and O–H groups in total. The Morgan fingerprint density at radius 1 is 1.21 bits per heavy atom. The van der Waals surface area contributed by atoms with Gasteiger partial charge < -0.3 is 4.52 Å². The number of Topliss-reactive ketones (excluding diaryl/α,β-unsaturated/α-hetero) is 1. The van der Waals surface area contributed by atoms with Crippen LogP contribution >= 0.6 is 0 Å². The summed E-state index contributed by atoms with van der Waals surface area (Å²) in [5.41, 5.74) is 0. The Bertz CT molecular complexity index is 460. The zero-order valence-electron chi connectivity index (χ0n) is 11.9. The molecule has 0 radical (unpaired) electrons. The van der Waals surface area contributed by atoms with Gasteiger partial charge in [-0.05, 0) is 50.4 Å². The Morgan fingerprint density at radius 3 is 2.21 bits per heavy atom. The number of hydrogen-bond donors (Lipinski definition) is 0. The predicted molar refractivity (Wildman–Crippen MR) is 70.7 cm³/mol. The highest BCUT2D eigenvalue weighted by atomic mass is 16.5. The SMILES string of the molecule is CC(=O)C(c1nc(C(C2CC2)C2CC2)no1)C(C)C. The first-order chi connectivity index (χ1) is 9.08. The molecule has 0 bridgehead atoms. The minimum Gasteiger partial charge on any atom is -0.339 e. The van der Waals surface area contributed by atoms with Crippen LogP contribution in [0, 0.1) is 17.8 Å². The number of aromatic nitrogens is 2. The molecule has 1 heterocycles. The van der Waals surface area contributed by atoms with Gasteiger partial charge in [0.05, 0.1) is 5.92 Å². The van der Waals surface area contributed by atoms with Crippen molar-refractivity contribution in [3.63, 3.8) is 0 Å². The standard InChI is InChI=1S/C15H22N2O2/c1-8(2)12(9(3)18)15-16-14(17-19-15)13(10-4-5-10)11-6-7-11/h8,10-13H,4-7H2,1-3H3. The highest BCUT2D eigenvalue weighted by molar-refractivity contribution is 5.82. The average molecular weight is 262 g/mol. The third kappa shape index (κ3) is 2.58. The maximum Gasteiger partial charge on any atom is 0.237 e. The Morgan fingerprint density at radius 2 is 1.79 bits per heavy atom. The van der Waals surface area contributed by atoms with Gasteiger partial charge >= 0.3 is 0 Å². The van der Waals surface area contributed by atoms with Crippen molar-refractivity contribution in [3.8, 4) is 0 Å². The molecule has 19 heavy (non-hydrogen) atoms. The first-order valence-electron chi connectivity index (χ1n) is 7.42. The molecule has 104 valence electrons. The van der Waals surface area contributed by atoms with Gasteiger partial charge in [0.15, 0.2) is 5.82 Å². The van der Waals surface area contributed by atoms with Crippen molar-refractivity contribution < 1.29 is 9.32 Å². The molecule has 1 unspecified atom stereocenters. The van der Waals surface area contributed by atoms with Crippen LogP contribution < -0.4 is 0 Å². The molecule has 2 saturated carbocycles. The van der Waals surface area contributed by atoms with Gasteiger partial charge in [0.1, 0.15) is 5.78 Å². The molecule has 0 saturated heterocycles. The summed E-state index contributed by atoms with van der Waals surface area (Å²) in [6.45, 7) is 5.65.